The van der Waals surface area contributed by atoms with Crippen molar-refractivity contribution < 1.29 is 23.6 Å². The lowest BCUT2D eigenvalue weighted by Gasteiger charge is -2.19. The van der Waals surface area contributed by atoms with E-state index in [9.17, 15) is 14.4 Å². The summed E-state index contributed by atoms with van der Waals surface area (Å²) in [6.07, 6.45) is 0. The second kappa shape index (κ2) is 10.1. The number of benzene rings is 1. The number of amides is 2. The molecule has 2 N–H and O–H groups in total. The van der Waals surface area contributed by atoms with Crippen LogP contribution in [0, 0.1) is 6.92 Å². The van der Waals surface area contributed by atoms with Crippen molar-refractivity contribution in [3.8, 4) is 0 Å². The highest BCUT2D eigenvalue weighted by Crippen LogP contribution is 2.23. The first kappa shape index (κ1) is 22.5. The van der Waals surface area contributed by atoms with Gasteiger partial charge in [-0.05, 0) is 30.0 Å². The fourth-order valence-electron chi connectivity index (χ4n) is 2.27. The van der Waals surface area contributed by atoms with Gasteiger partial charge in [-0.1, -0.05) is 38.1 Å². The molecule has 0 aliphatic rings. The third-order valence-electron chi connectivity index (χ3n) is 3.75. The highest BCUT2D eigenvalue weighted by Gasteiger charge is 2.14. The van der Waals surface area contributed by atoms with E-state index in [0.717, 1.165) is 17.3 Å². The predicted octanol–water partition coefficient (Wildman–Crippen LogP) is 3.13. The van der Waals surface area contributed by atoms with Crippen LogP contribution in [-0.2, 0) is 24.5 Å². The normalized spacial score (nSPS) is 11.0. The lowest BCUT2D eigenvalue weighted by Crippen LogP contribution is -2.22. The molecule has 0 atom stereocenters. The molecule has 0 aliphatic carbocycles. The molecule has 0 radical (unpaired) electrons. The molecule has 1 aromatic heterocycles. The number of nitrogens with one attached hydrogen (secondary N) is 2. The molecule has 0 spiro atoms. The van der Waals surface area contributed by atoms with Crippen LogP contribution in [0.2, 0.25) is 0 Å². The molecule has 0 bridgehead atoms. The van der Waals surface area contributed by atoms with Gasteiger partial charge in [0, 0.05) is 11.8 Å². The Kier molecular flexibility index (Phi) is 7.83. The van der Waals surface area contributed by atoms with Crippen LogP contribution in [0.25, 0.3) is 0 Å². The van der Waals surface area contributed by atoms with Crippen molar-refractivity contribution >= 4 is 41.1 Å². The Bertz CT molecular complexity index is 856. The molecule has 1 aromatic carbocycles. The largest absolute Gasteiger partial charge is 0.455 e. The first-order valence-electron chi connectivity index (χ1n) is 9.00. The van der Waals surface area contributed by atoms with Gasteiger partial charge >= 0.3 is 5.97 Å². The van der Waals surface area contributed by atoms with Crippen molar-refractivity contribution in [3.63, 3.8) is 0 Å². The minimum Gasteiger partial charge on any atom is -0.455 e. The predicted molar refractivity (Wildman–Crippen MR) is 112 cm³/mol. The molecule has 1 heterocycles. The summed E-state index contributed by atoms with van der Waals surface area (Å²) in [7, 11) is 0. The SMILES string of the molecule is Cc1cc(NC(=O)CSCC(=O)OCC(=O)Nc2ccc(C(C)(C)C)cc2)no1. The molecule has 2 aromatic rings. The number of hydrogen-bond acceptors (Lipinski definition) is 7. The Morgan fingerprint density at radius 3 is 2.34 bits per heavy atom. The van der Waals surface area contributed by atoms with E-state index in [0.29, 0.717) is 17.3 Å². The van der Waals surface area contributed by atoms with Gasteiger partial charge in [0.25, 0.3) is 5.91 Å². The zero-order valence-corrected chi connectivity index (χ0v) is 17.7. The monoisotopic (exact) mass is 419 g/mol. The van der Waals surface area contributed by atoms with E-state index in [1.54, 1.807) is 13.0 Å². The highest BCUT2D eigenvalue weighted by atomic mass is 32.2. The van der Waals surface area contributed by atoms with Crippen LogP contribution in [0.1, 0.15) is 32.1 Å². The number of anilines is 2. The number of carbonyl (C=O) groups excluding carboxylic acids is 3. The summed E-state index contributed by atoms with van der Waals surface area (Å²) in [5, 5.41) is 8.87. The first-order valence-corrected chi connectivity index (χ1v) is 10.2. The van der Waals surface area contributed by atoms with Gasteiger partial charge in [0.1, 0.15) is 5.76 Å². The molecule has 0 saturated heterocycles. The van der Waals surface area contributed by atoms with Gasteiger partial charge in [-0.15, -0.1) is 11.8 Å². The summed E-state index contributed by atoms with van der Waals surface area (Å²) < 4.78 is 9.77. The number of aromatic nitrogens is 1. The molecule has 9 heteroatoms. The topological polar surface area (TPSA) is 111 Å². The molecule has 0 fully saturated rings. The van der Waals surface area contributed by atoms with Crippen LogP contribution < -0.4 is 10.6 Å². The standard InChI is InChI=1S/C20H25N3O5S/c1-13-9-16(23-28-13)22-18(25)11-29-12-19(26)27-10-17(24)21-15-7-5-14(6-8-15)20(2,3)4/h5-9H,10-12H2,1-4H3,(H,21,24)(H,22,23,25). The van der Waals surface area contributed by atoms with Gasteiger partial charge < -0.3 is 19.9 Å². The number of thioether (sulfide) groups is 1. The number of aryl methyl sites for hydroxylation is 1. The summed E-state index contributed by atoms with van der Waals surface area (Å²) in [5.41, 5.74) is 1.82. The summed E-state index contributed by atoms with van der Waals surface area (Å²) in [5.74, 6) is -0.397. The van der Waals surface area contributed by atoms with E-state index >= 15 is 0 Å². The first-order chi connectivity index (χ1) is 13.6. The molecular formula is C20H25N3O5S. The van der Waals surface area contributed by atoms with Crippen LogP contribution in [0.15, 0.2) is 34.9 Å². The maximum atomic E-state index is 11.9. The smallest absolute Gasteiger partial charge is 0.316 e. The summed E-state index contributed by atoms with van der Waals surface area (Å²) in [6.45, 7) is 7.65. The Morgan fingerprint density at radius 2 is 1.76 bits per heavy atom. The average molecular weight is 420 g/mol. The van der Waals surface area contributed by atoms with E-state index in [2.05, 4.69) is 36.6 Å². The Balaban J connectivity index is 1.64. The van der Waals surface area contributed by atoms with Crippen molar-refractivity contribution in [2.75, 3.05) is 28.7 Å². The van der Waals surface area contributed by atoms with Crippen LogP contribution in [0.3, 0.4) is 0 Å². The van der Waals surface area contributed by atoms with Crippen LogP contribution >= 0.6 is 11.8 Å². The van der Waals surface area contributed by atoms with Gasteiger partial charge in [-0.2, -0.15) is 0 Å². The van der Waals surface area contributed by atoms with Crippen LogP contribution in [0.4, 0.5) is 11.5 Å². The van der Waals surface area contributed by atoms with E-state index in [-0.39, 0.29) is 29.4 Å². The lowest BCUT2D eigenvalue weighted by atomic mass is 9.87. The van der Waals surface area contributed by atoms with Crippen molar-refractivity contribution in [1.29, 1.82) is 0 Å². The second-order valence-electron chi connectivity index (χ2n) is 7.40. The molecular weight excluding hydrogens is 394 g/mol. The number of ether oxygens (including phenoxy) is 1. The van der Waals surface area contributed by atoms with Crippen molar-refractivity contribution in [1.82, 2.24) is 5.16 Å². The maximum Gasteiger partial charge on any atom is 0.316 e. The van der Waals surface area contributed by atoms with Gasteiger partial charge in [0.05, 0.1) is 11.5 Å². The lowest BCUT2D eigenvalue weighted by molar-refractivity contribution is -0.144. The van der Waals surface area contributed by atoms with Gasteiger partial charge in [-0.25, -0.2) is 0 Å². The van der Waals surface area contributed by atoms with Crippen LogP contribution in [0.5, 0.6) is 0 Å². The second-order valence-corrected chi connectivity index (χ2v) is 8.39. The highest BCUT2D eigenvalue weighted by molar-refractivity contribution is 8.00. The van der Waals surface area contributed by atoms with Crippen LogP contribution in [-0.4, -0.2) is 41.1 Å². The summed E-state index contributed by atoms with van der Waals surface area (Å²) in [4.78, 5) is 35.4. The van der Waals surface area contributed by atoms with Gasteiger partial charge in [-0.3, -0.25) is 14.4 Å². The van der Waals surface area contributed by atoms with Crippen molar-refractivity contribution in [2.24, 2.45) is 0 Å². The van der Waals surface area contributed by atoms with Gasteiger partial charge in [0.15, 0.2) is 12.4 Å². The minimum atomic E-state index is -0.571. The van der Waals surface area contributed by atoms with Gasteiger partial charge in [0.2, 0.25) is 5.91 Å². The molecule has 29 heavy (non-hydrogen) atoms. The number of rotatable bonds is 8. The number of hydrogen-bond donors (Lipinski definition) is 2. The molecule has 156 valence electrons. The van der Waals surface area contributed by atoms with E-state index < -0.39 is 11.9 Å². The summed E-state index contributed by atoms with van der Waals surface area (Å²) in [6, 6.07) is 9.11. The fraction of sp³-hybridized carbons (Fsp3) is 0.400. The molecule has 0 saturated carbocycles. The molecule has 8 nitrogen and oxygen atoms in total. The number of carbonyl (C=O) groups is 3. The maximum absolute atomic E-state index is 11.9. The summed E-state index contributed by atoms with van der Waals surface area (Å²) >= 11 is 1.08. The van der Waals surface area contributed by atoms with Crippen molar-refractivity contribution in [3.05, 3.63) is 41.7 Å². The van der Waals surface area contributed by atoms with E-state index in [1.165, 1.54) is 0 Å². The molecule has 2 rings (SSSR count). The molecule has 2 amide bonds. The Hall–Kier alpha value is -2.81. The molecule has 0 aliphatic heterocycles. The third-order valence-corrected chi connectivity index (χ3v) is 4.65. The fourth-order valence-corrected chi connectivity index (χ4v) is 2.88. The number of esters is 1. The number of nitrogens with zero attached hydrogens (tertiary/aromatic N) is 1. The van der Waals surface area contributed by atoms with Crippen molar-refractivity contribution in [2.45, 2.75) is 33.1 Å². The molecule has 0 unspecified atom stereocenters. The van der Waals surface area contributed by atoms with E-state index in [4.69, 9.17) is 9.26 Å². The van der Waals surface area contributed by atoms with E-state index in [1.807, 2.05) is 24.3 Å². The average Bonchev–Trinajstić information content (AvgIpc) is 3.04. The minimum absolute atomic E-state index is 0.0284. The quantitative estimate of drug-likeness (QED) is 0.633. The zero-order chi connectivity index (χ0) is 21.4. The zero-order valence-electron chi connectivity index (χ0n) is 16.9. The third kappa shape index (κ3) is 7.98. The Labute approximate surface area is 173 Å². The Morgan fingerprint density at radius 1 is 1.07 bits per heavy atom.